The number of rotatable bonds is 8. The molecule has 0 aliphatic heterocycles. The van der Waals surface area contributed by atoms with E-state index in [0.717, 1.165) is 4.47 Å². The number of hydrogen-bond donors (Lipinski definition) is 3. The normalized spacial score (nSPS) is 11.9. The fourth-order valence-corrected chi connectivity index (χ4v) is 2.02. The number of aliphatic carboxylic acids is 1. The van der Waals surface area contributed by atoms with Crippen molar-refractivity contribution in [2.24, 2.45) is 0 Å². The molecule has 7 heteroatoms. The Morgan fingerprint density at radius 1 is 1.26 bits per heavy atom. The minimum absolute atomic E-state index is 0.0158. The molecule has 0 fully saturated rings. The first-order chi connectivity index (χ1) is 10.9. The lowest BCUT2D eigenvalue weighted by atomic mass is 10.2. The van der Waals surface area contributed by atoms with Crippen molar-refractivity contribution in [2.45, 2.75) is 25.8 Å². The third-order valence-corrected chi connectivity index (χ3v) is 3.51. The number of carboxylic acid groups (broad SMARTS) is 1. The van der Waals surface area contributed by atoms with E-state index in [9.17, 15) is 14.4 Å². The van der Waals surface area contributed by atoms with Gasteiger partial charge >= 0.3 is 5.97 Å². The van der Waals surface area contributed by atoms with Crippen LogP contribution >= 0.6 is 15.9 Å². The zero-order valence-electron chi connectivity index (χ0n) is 12.7. The first-order valence-electron chi connectivity index (χ1n) is 7.11. The second-order valence-electron chi connectivity index (χ2n) is 4.78. The van der Waals surface area contributed by atoms with Gasteiger partial charge in [-0.15, -0.1) is 0 Å². The third-order valence-electron chi connectivity index (χ3n) is 2.98. The molecule has 0 radical (unpaired) electrons. The molecule has 23 heavy (non-hydrogen) atoms. The van der Waals surface area contributed by atoms with E-state index in [0.29, 0.717) is 5.56 Å². The quantitative estimate of drug-likeness (QED) is 0.599. The highest BCUT2D eigenvalue weighted by atomic mass is 79.9. The lowest BCUT2D eigenvalue weighted by Gasteiger charge is -2.12. The van der Waals surface area contributed by atoms with Crippen LogP contribution in [0.3, 0.4) is 0 Å². The van der Waals surface area contributed by atoms with Crippen molar-refractivity contribution in [2.75, 3.05) is 6.54 Å². The second-order valence-corrected chi connectivity index (χ2v) is 5.69. The van der Waals surface area contributed by atoms with Crippen LogP contribution in [0.2, 0.25) is 0 Å². The SMILES string of the molecule is C/C=C/CC(NC(=O)CCNC(=O)c1ccc(Br)cc1)C(=O)O. The molecule has 0 aliphatic carbocycles. The molecule has 1 aromatic carbocycles. The molecule has 1 rings (SSSR count). The van der Waals surface area contributed by atoms with Gasteiger partial charge in [0, 0.05) is 23.0 Å². The van der Waals surface area contributed by atoms with E-state index < -0.39 is 17.9 Å². The number of nitrogens with one attached hydrogen (secondary N) is 2. The molecule has 3 N–H and O–H groups in total. The zero-order chi connectivity index (χ0) is 17.2. The van der Waals surface area contributed by atoms with Crippen molar-refractivity contribution in [1.82, 2.24) is 10.6 Å². The summed E-state index contributed by atoms with van der Waals surface area (Å²) >= 11 is 3.28. The fraction of sp³-hybridized carbons (Fsp3) is 0.312. The number of hydrogen-bond acceptors (Lipinski definition) is 3. The van der Waals surface area contributed by atoms with E-state index in [2.05, 4.69) is 26.6 Å². The molecular weight excluding hydrogens is 364 g/mol. The van der Waals surface area contributed by atoms with E-state index >= 15 is 0 Å². The van der Waals surface area contributed by atoms with Crippen LogP contribution in [0, 0.1) is 0 Å². The van der Waals surface area contributed by atoms with Gasteiger partial charge in [0.15, 0.2) is 0 Å². The van der Waals surface area contributed by atoms with Gasteiger partial charge in [-0.1, -0.05) is 28.1 Å². The zero-order valence-corrected chi connectivity index (χ0v) is 14.3. The van der Waals surface area contributed by atoms with Crippen LogP contribution in [-0.2, 0) is 9.59 Å². The van der Waals surface area contributed by atoms with Gasteiger partial charge in [0.1, 0.15) is 6.04 Å². The summed E-state index contributed by atoms with van der Waals surface area (Å²) in [5.41, 5.74) is 0.491. The van der Waals surface area contributed by atoms with Crippen LogP contribution in [-0.4, -0.2) is 35.5 Å². The monoisotopic (exact) mass is 382 g/mol. The molecule has 124 valence electrons. The molecular formula is C16H19BrN2O4. The Bertz CT molecular complexity index is 584. The summed E-state index contributed by atoms with van der Waals surface area (Å²) in [6.45, 7) is 1.91. The van der Waals surface area contributed by atoms with Crippen LogP contribution in [0.5, 0.6) is 0 Å². The summed E-state index contributed by atoms with van der Waals surface area (Å²) in [7, 11) is 0. The maximum Gasteiger partial charge on any atom is 0.326 e. The number of carbonyl (C=O) groups is 3. The number of halogens is 1. The first-order valence-corrected chi connectivity index (χ1v) is 7.90. The van der Waals surface area contributed by atoms with Crippen LogP contribution in [0.4, 0.5) is 0 Å². The van der Waals surface area contributed by atoms with Gasteiger partial charge in [-0.2, -0.15) is 0 Å². The molecule has 1 atom stereocenters. The van der Waals surface area contributed by atoms with Crippen molar-refractivity contribution >= 4 is 33.7 Å². The van der Waals surface area contributed by atoms with E-state index in [-0.39, 0.29) is 25.3 Å². The van der Waals surface area contributed by atoms with E-state index in [1.165, 1.54) is 0 Å². The van der Waals surface area contributed by atoms with Gasteiger partial charge in [-0.25, -0.2) is 4.79 Å². The summed E-state index contributed by atoms with van der Waals surface area (Å²) in [5.74, 6) is -1.79. The van der Waals surface area contributed by atoms with Gasteiger partial charge in [0.25, 0.3) is 5.91 Å². The summed E-state index contributed by atoms with van der Waals surface area (Å²) in [6, 6.07) is 5.87. The van der Waals surface area contributed by atoms with Gasteiger partial charge in [-0.3, -0.25) is 9.59 Å². The van der Waals surface area contributed by atoms with Gasteiger partial charge in [0.2, 0.25) is 5.91 Å². The Kier molecular flexibility index (Phi) is 8.04. The lowest BCUT2D eigenvalue weighted by Crippen LogP contribution is -2.41. The molecule has 0 spiro atoms. The van der Waals surface area contributed by atoms with Crippen LogP contribution in [0.25, 0.3) is 0 Å². The number of carbonyl (C=O) groups excluding carboxylic acids is 2. The third kappa shape index (κ3) is 7.10. The van der Waals surface area contributed by atoms with E-state index in [1.807, 2.05) is 0 Å². The van der Waals surface area contributed by atoms with Crippen LogP contribution in [0.15, 0.2) is 40.9 Å². The summed E-state index contributed by atoms with van der Waals surface area (Å²) < 4.78 is 0.870. The predicted octanol–water partition coefficient (Wildman–Crippen LogP) is 2.10. The van der Waals surface area contributed by atoms with Crippen LogP contribution in [0.1, 0.15) is 30.1 Å². The summed E-state index contributed by atoms with van der Waals surface area (Å²) in [5, 5.41) is 14.1. The van der Waals surface area contributed by atoms with Crippen LogP contribution < -0.4 is 10.6 Å². The molecule has 6 nitrogen and oxygen atoms in total. The number of benzene rings is 1. The van der Waals surface area contributed by atoms with E-state index in [4.69, 9.17) is 5.11 Å². The van der Waals surface area contributed by atoms with E-state index in [1.54, 1.807) is 43.3 Å². The largest absolute Gasteiger partial charge is 0.480 e. The molecule has 0 aliphatic rings. The standard InChI is InChI=1S/C16H19BrN2O4/c1-2-3-4-13(16(22)23)19-14(20)9-10-18-15(21)11-5-7-12(17)8-6-11/h2-3,5-8,13H,4,9-10H2,1H3,(H,18,21)(H,19,20)(H,22,23)/b3-2+. The van der Waals surface area contributed by atoms with Gasteiger partial charge < -0.3 is 15.7 Å². The maximum absolute atomic E-state index is 11.8. The number of allylic oxidation sites excluding steroid dienone is 1. The van der Waals surface area contributed by atoms with Crippen molar-refractivity contribution < 1.29 is 19.5 Å². The van der Waals surface area contributed by atoms with Crippen molar-refractivity contribution in [3.63, 3.8) is 0 Å². The van der Waals surface area contributed by atoms with Crippen molar-refractivity contribution in [3.05, 3.63) is 46.5 Å². The van der Waals surface area contributed by atoms with Crippen molar-refractivity contribution in [1.29, 1.82) is 0 Å². The maximum atomic E-state index is 11.8. The molecule has 0 bridgehead atoms. The predicted molar refractivity (Wildman–Crippen MR) is 90.1 cm³/mol. The molecule has 0 aromatic heterocycles. The highest BCUT2D eigenvalue weighted by molar-refractivity contribution is 9.10. The summed E-state index contributed by atoms with van der Waals surface area (Å²) in [6.07, 6.45) is 3.64. The Balaban J connectivity index is 2.39. The Morgan fingerprint density at radius 2 is 1.91 bits per heavy atom. The van der Waals surface area contributed by atoms with Crippen molar-refractivity contribution in [3.8, 4) is 0 Å². The highest BCUT2D eigenvalue weighted by Crippen LogP contribution is 2.10. The average molecular weight is 383 g/mol. The lowest BCUT2D eigenvalue weighted by molar-refractivity contribution is -0.141. The minimum atomic E-state index is -1.09. The Hall–Kier alpha value is -2.15. The summed E-state index contributed by atoms with van der Waals surface area (Å²) in [4.78, 5) is 34.6. The second kappa shape index (κ2) is 9.78. The topological polar surface area (TPSA) is 95.5 Å². The number of amides is 2. The van der Waals surface area contributed by atoms with Gasteiger partial charge in [-0.05, 0) is 37.6 Å². The molecule has 2 amide bonds. The molecule has 1 aromatic rings. The average Bonchev–Trinajstić information content (AvgIpc) is 2.51. The fourth-order valence-electron chi connectivity index (χ4n) is 1.75. The Morgan fingerprint density at radius 3 is 2.48 bits per heavy atom. The molecule has 0 heterocycles. The molecule has 0 saturated heterocycles. The van der Waals surface area contributed by atoms with Gasteiger partial charge in [0.05, 0.1) is 0 Å². The molecule has 0 saturated carbocycles. The highest BCUT2D eigenvalue weighted by Gasteiger charge is 2.18. The number of carboxylic acids is 1. The minimum Gasteiger partial charge on any atom is -0.480 e. The first kappa shape index (κ1) is 18.9. The molecule has 1 unspecified atom stereocenters. The Labute approximate surface area is 143 Å². The smallest absolute Gasteiger partial charge is 0.326 e.